The number of rotatable bonds is 5. The molecule has 0 amide bonds. The molecule has 0 bridgehead atoms. The minimum absolute atomic E-state index is 0.276. The molecule has 1 saturated heterocycles. The Hall–Kier alpha value is -2.98. The molecular weight excluding hydrogens is 392 g/mol. The number of benzene rings is 2. The Morgan fingerprint density at radius 1 is 1.00 bits per heavy atom. The number of nitrogens with zero attached hydrogens (tertiary/aromatic N) is 6. The van der Waals surface area contributed by atoms with Crippen LogP contribution in [0.15, 0.2) is 53.7 Å². The van der Waals surface area contributed by atoms with Crippen LogP contribution in [-0.2, 0) is 10.0 Å². The number of methoxy groups -OCH3 is 1. The van der Waals surface area contributed by atoms with Crippen molar-refractivity contribution >= 4 is 15.7 Å². The van der Waals surface area contributed by atoms with Crippen molar-refractivity contribution in [3.05, 3.63) is 54.4 Å². The van der Waals surface area contributed by atoms with Crippen LogP contribution in [0.5, 0.6) is 5.75 Å². The molecule has 9 nitrogen and oxygen atoms in total. The van der Waals surface area contributed by atoms with Crippen LogP contribution in [0.2, 0.25) is 0 Å². The molecular formula is C19H22N6O3S. The monoisotopic (exact) mass is 414 g/mol. The number of para-hydroxylation sites is 2. The predicted molar refractivity (Wildman–Crippen MR) is 108 cm³/mol. The van der Waals surface area contributed by atoms with Gasteiger partial charge in [-0.1, -0.05) is 12.1 Å². The highest BCUT2D eigenvalue weighted by atomic mass is 32.2. The lowest BCUT2D eigenvalue weighted by Gasteiger charge is -2.36. The summed E-state index contributed by atoms with van der Waals surface area (Å²) in [5, 5.41) is 11.1. The highest BCUT2D eigenvalue weighted by Gasteiger charge is 2.29. The summed E-state index contributed by atoms with van der Waals surface area (Å²) in [4.78, 5) is 2.43. The molecule has 0 aliphatic carbocycles. The van der Waals surface area contributed by atoms with E-state index in [4.69, 9.17) is 4.74 Å². The Morgan fingerprint density at radius 3 is 2.41 bits per heavy atom. The van der Waals surface area contributed by atoms with E-state index in [-0.39, 0.29) is 4.90 Å². The molecule has 1 fully saturated rings. The van der Waals surface area contributed by atoms with E-state index in [1.54, 1.807) is 25.3 Å². The summed E-state index contributed by atoms with van der Waals surface area (Å²) in [6, 6.07) is 12.8. The second kappa shape index (κ2) is 7.80. The largest absolute Gasteiger partial charge is 0.495 e. The zero-order valence-corrected chi connectivity index (χ0v) is 17.1. The first kappa shape index (κ1) is 19.3. The minimum atomic E-state index is -3.58. The fourth-order valence-corrected chi connectivity index (χ4v) is 5.03. The zero-order chi connectivity index (χ0) is 20.4. The molecule has 2 heterocycles. The third-order valence-electron chi connectivity index (χ3n) is 5.07. The first-order chi connectivity index (χ1) is 14.0. The van der Waals surface area contributed by atoms with Crippen LogP contribution < -0.4 is 9.64 Å². The van der Waals surface area contributed by atoms with Crippen molar-refractivity contribution in [2.75, 3.05) is 38.2 Å². The van der Waals surface area contributed by atoms with Crippen LogP contribution in [0.1, 0.15) is 5.56 Å². The van der Waals surface area contributed by atoms with Crippen LogP contribution in [-0.4, -0.2) is 66.2 Å². The van der Waals surface area contributed by atoms with E-state index in [0.717, 1.165) is 22.7 Å². The van der Waals surface area contributed by atoms with E-state index in [9.17, 15) is 8.42 Å². The molecule has 10 heteroatoms. The van der Waals surface area contributed by atoms with Crippen molar-refractivity contribution in [1.82, 2.24) is 24.5 Å². The zero-order valence-electron chi connectivity index (χ0n) is 16.3. The van der Waals surface area contributed by atoms with Crippen LogP contribution in [0.3, 0.4) is 0 Å². The Morgan fingerprint density at radius 2 is 1.76 bits per heavy atom. The molecule has 4 rings (SSSR count). The smallest absolute Gasteiger partial charge is 0.243 e. The minimum Gasteiger partial charge on any atom is -0.495 e. The maximum Gasteiger partial charge on any atom is 0.243 e. The third kappa shape index (κ3) is 3.68. The van der Waals surface area contributed by atoms with Crippen molar-refractivity contribution in [2.45, 2.75) is 11.8 Å². The number of hydrogen-bond donors (Lipinski definition) is 0. The second-order valence-corrected chi connectivity index (χ2v) is 8.70. The average Bonchev–Trinajstić information content (AvgIpc) is 3.28. The quantitative estimate of drug-likeness (QED) is 0.624. The van der Waals surface area contributed by atoms with E-state index in [1.165, 1.54) is 15.3 Å². The topological polar surface area (TPSA) is 93.5 Å². The average molecular weight is 414 g/mol. The van der Waals surface area contributed by atoms with Gasteiger partial charge in [-0.05, 0) is 53.2 Å². The summed E-state index contributed by atoms with van der Waals surface area (Å²) in [7, 11) is -1.94. The maximum absolute atomic E-state index is 13.1. The highest BCUT2D eigenvalue weighted by Crippen LogP contribution is 2.29. The van der Waals surface area contributed by atoms with E-state index < -0.39 is 10.0 Å². The van der Waals surface area contributed by atoms with Gasteiger partial charge in [-0.25, -0.2) is 13.1 Å². The summed E-state index contributed by atoms with van der Waals surface area (Å²) in [6.45, 7) is 3.86. The molecule has 1 aliphatic heterocycles. The van der Waals surface area contributed by atoms with Crippen LogP contribution in [0.25, 0.3) is 5.69 Å². The van der Waals surface area contributed by atoms with Gasteiger partial charge < -0.3 is 9.64 Å². The van der Waals surface area contributed by atoms with Crippen LogP contribution >= 0.6 is 0 Å². The molecule has 0 atom stereocenters. The van der Waals surface area contributed by atoms with Gasteiger partial charge in [-0.15, -0.1) is 5.10 Å². The number of aryl methyl sites for hydroxylation is 1. The summed E-state index contributed by atoms with van der Waals surface area (Å²) >= 11 is 0. The Labute approximate surface area is 169 Å². The first-order valence-corrected chi connectivity index (χ1v) is 10.7. The van der Waals surface area contributed by atoms with Gasteiger partial charge in [0.15, 0.2) is 0 Å². The van der Waals surface area contributed by atoms with Gasteiger partial charge in [-0.2, -0.15) is 4.31 Å². The summed E-state index contributed by atoms with van der Waals surface area (Å²) in [6.07, 6.45) is 1.48. The van der Waals surface area contributed by atoms with Crippen molar-refractivity contribution in [2.24, 2.45) is 0 Å². The van der Waals surface area contributed by atoms with Gasteiger partial charge in [0, 0.05) is 26.2 Å². The fourth-order valence-electron chi connectivity index (χ4n) is 3.53. The van der Waals surface area contributed by atoms with Gasteiger partial charge in [-0.3, -0.25) is 0 Å². The summed E-state index contributed by atoms with van der Waals surface area (Å²) in [5.74, 6) is 0.789. The summed E-state index contributed by atoms with van der Waals surface area (Å²) < 4.78 is 34.7. The van der Waals surface area contributed by atoms with Crippen LogP contribution in [0.4, 0.5) is 5.69 Å². The molecule has 0 spiro atoms. The molecule has 0 radical (unpaired) electrons. The van der Waals surface area contributed by atoms with E-state index in [2.05, 4.69) is 20.4 Å². The van der Waals surface area contributed by atoms with Gasteiger partial charge >= 0.3 is 0 Å². The molecule has 152 valence electrons. The second-order valence-electron chi connectivity index (χ2n) is 6.77. The van der Waals surface area contributed by atoms with Crippen molar-refractivity contribution < 1.29 is 13.2 Å². The van der Waals surface area contributed by atoms with Gasteiger partial charge in [0.25, 0.3) is 0 Å². The number of hydrogen-bond acceptors (Lipinski definition) is 7. The van der Waals surface area contributed by atoms with Gasteiger partial charge in [0.2, 0.25) is 10.0 Å². The predicted octanol–water partition coefficient (Wildman–Crippen LogP) is 1.49. The van der Waals surface area contributed by atoms with E-state index >= 15 is 0 Å². The van der Waals surface area contributed by atoms with Crippen molar-refractivity contribution in [3.63, 3.8) is 0 Å². The number of aromatic nitrogens is 4. The molecule has 0 N–H and O–H groups in total. The fraction of sp³-hybridized carbons (Fsp3) is 0.316. The normalized spacial score (nSPS) is 15.4. The first-order valence-electron chi connectivity index (χ1n) is 9.23. The van der Waals surface area contributed by atoms with E-state index in [1.807, 2.05) is 31.2 Å². The number of tetrazole rings is 1. The molecule has 0 saturated carbocycles. The van der Waals surface area contributed by atoms with Gasteiger partial charge in [0.1, 0.15) is 12.1 Å². The molecule has 0 unspecified atom stereocenters. The van der Waals surface area contributed by atoms with Crippen LogP contribution in [0, 0.1) is 6.92 Å². The molecule has 1 aromatic heterocycles. The Balaban J connectivity index is 1.51. The maximum atomic E-state index is 13.1. The number of sulfonamides is 1. The van der Waals surface area contributed by atoms with Crippen molar-refractivity contribution in [3.8, 4) is 11.4 Å². The molecule has 1 aliphatic rings. The van der Waals surface area contributed by atoms with Crippen molar-refractivity contribution in [1.29, 1.82) is 0 Å². The number of anilines is 1. The summed E-state index contributed by atoms with van der Waals surface area (Å²) in [5.41, 5.74) is 2.51. The highest BCUT2D eigenvalue weighted by molar-refractivity contribution is 7.89. The molecule has 3 aromatic rings. The Bertz CT molecular complexity index is 1090. The number of piperazine rings is 1. The standard InChI is InChI=1S/C19H22N6O3S/c1-15-13-16(7-8-17(15)25-14-20-21-22-25)29(26,27)24-11-9-23(10-12-24)18-5-3-4-6-19(18)28-2/h3-8,13-14H,9-12H2,1-2H3. The lowest BCUT2D eigenvalue weighted by Crippen LogP contribution is -2.48. The Kier molecular flexibility index (Phi) is 5.20. The SMILES string of the molecule is COc1ccccc1N1CCN(S(=O)(=O)c2ccc(-n3cnnn3)c(C)c2)CC1. The third-order valence-corrected chi connectivity index (χ3v) is 6.96. The lowest BCUT2D eigenvalue weighted by molar-refractivity contribution is 0.378. The lowest BCUT2D eigenvalue weighted by atomic mass is 10.2. The molecule has 2 aromatic carbocycles. The van der Waals surface area contributed by atoms with E-state index in [0.29, 0.717) is 26.2 Å². The number of ether oxygens (including phenoxy) is 1. The molecule has 29 heavy (non-hydrogen) atoms. The van der Waals surface area contributed by atoms with Gasteiger partial charge in [0.05, 0.1) is 23.4 Å².